The van der Waals surface area contributed by atoms with Crippen LogP contribution in [0.3, 0.4) is 0 Å². The first kappa shape index (κ1) is 20.3. The van der Waals surface area contributed by atoms with E-state index in [1.165, 1.54) is 0 Å². The summed E-state index contributed by atoms with van der Waals surface area (Å²) in [5, 5.41) is 7.51. The minimum Gasteiger partial charge on any atom is -0.497 e. The number of halogens is 1. The van der Waals surface area contributed by atoms with Crippen molar-refractivity contribution in [3.05, 3.63) is 94.1 Å². The lowest BCUT2D eigenvalue weighted by Crippen LogP contribution is -2.29. The number of hydrogen-bond donors (Lipinski definition) is 1. The zero-order chi connectivity index (χ0) is 22.2. The molecule has 5 rings (SSSR count). The summed E-state index contributed by atoms with van der Waals surface area (Å²) in [6, 6.07) is 22.9. The van der Waals surface area contributed by atoms with E-state index in [1.54, 1.807) is 14.2 Å². The predicted octanol–water partition coefficient (Wildman–Crippen LogP) is 5.61. The predicted molar refractivity (Wildman–Crippen MR) is 126 cm³/mol. The molecule has 1 atom stereocenters. The molecule has 1 N–H and O–H groups in total. The first-order chi connectivity index (χ1) is 15.6. The van der Waals surface area contributed by atoms with Crippen LogP contribution in [0.2, 0.25) is 0 Å². The number of nitrogens with zero attached hydrogens (tertiary/aromatic N) is 2. The normalized spacial score (nSPS) is 15.0. The SMILES string of the molecule is COc1ccc(-c2n[nH]c3c2[C@H](c2ccc(OC)cc2)N(c2ccc(Br)cc2)C3=O)cc1. The van der Waals surface area contributed by atoms with Crippen molar-refractivity contribution in [1.29, 1.82) is 0 Å². The molecule has 7 heteroatoms. The van der Waals surface area contributed by atoms with E-state index in [2.05, 4.69) is 26.1 Å². The minimum atomic E-state index is -0.333. The highest BCUT2D eigenvalue weighted by Crippen LogP contribution is 2.45. The van der Waals surface area contributed by atoms with Crippen molar-refractivity contribution in [2.24, 2.45) is 0 Å². The number of benzene rings is 3. The zero-order valence-corrected chi connectivity index (χ0v) is 19.1. The van der Waals surface area contributed by atoms with Crippen molar-refractivity contribution < 1.29 is 14.3 Å². The quantitative estimate of drug-likeness (QED) is 0.395. The van der Waals surface area contributed by atoms with Crippen molar-refractivity contribution in [3.63, 3.8) is 0 Å². The molecule has 2 heterocycles. The largest absolute Gasteiger partial charge is 0.497 e. The molecule has 1 aromatic heterocycles. The number of anilines is 1. The highest BCUT2D eigenvalue weighted by molar-refractivity contribution is 9.10. The fraction of sp³-hybridized carbons (Fsp3) is 0.120. The molecule has 6 nitrogen and oxygen atoms in total. The van der Waals surface area contributed by atoms with Crippen LogP contribution in [0.5, 0.6) is 11.5 Å². The molecule has 0 unspecified atom stereocenters. The van der Waals surface area contributed by atoms with Gasteiger partial charge < -0.3 is 9.47 Å². The van der Waals surface area contributed by atoms with Gasteiger partial charge in [0.25, 0.3) is 5.91 Å². The summed E-state index contributed by atoms with van der Waals surface area (Å²) in [7, 11) is 3.27. The molecule has 0 fully saturated rings. The van der Waals surface area contributed by atoms with E-state index in [4.69, 9.17) is 9.47 Å². The maximum atomic E-state index is 13.5. The summed E-state index contributed by atoms with van der Waals surface area (Å²) in [5.74, 6) is 1.41. The number of carbonyl (C=O) groups excluding carboxylic acids is 1. The van der Waals surface area contributed by atoms with Crippen molar-refractivity contribution >= 4 is 27.5 Å². The molecule has 0 spiro atoms. The van der Waals surface area contributed by atoms with E-state index in [0.29, 0.717) is 5.69 Å². The Hall–Kier alpha value is -3.58. The molecule has 160 valence electrons. The number of carbonyl (C=O) groups is 1. The number of methoxy groups -OCH3 is 2. The summed E-state index contributed by atoms with van der Waals surface area (Å²) in [6.07, 6.45) is 0. The molecule has 0 saturated carbocycles. The van der Waals surface area contributed by atoms with Gasteiger partial charge in [-0.25, -0.2) is 0 Å². The Morgan fingerprint density at radius 3 is 2.06 bits per heavy atom. The fourth-order valence-corrected chi connectivity index (χ4v) is 4.35. The van der Waals surface area contributed by atoms with Crippen LogP contribution in [0.1, 0.15) is 27.7 Å². The third-order valence-corrected chi connectivity index (χ3v) is 6.20. The molecular formula is C25H20BrN3O3. The third-order valence-electron chi connectivity index (χ3n) is 5.67. The molecule has 0 bridgehead atoms. The smallest absolute Gasteiger partial charge is 0.277 e. The van der Waals surface area contributed by atoms with Gasteiger partial charge in [0, 0.05) is 21.3 Å². The second-order valence-corrected chi connectivity index (χ2v) is 8.33. The first-order valence-corrected chi connectivity index (χ1v) is 10.9. The molecule has 1 aliphatic heterocycles. The second-order valence-electron chi connectivity index (χ2n) is 7.42. The van der Waals surface area contributed by atoms with Gasteiger partial charge in [-0.1, -0.05) is 28.1 Å². The summed E-state index contributed by atoms with van der Waals surface area (Å²) in [4.78, 5) is 15.3. The van der Waals surface area contributed by atoms with Crippen LogP contribution in [0, 0.1) is 0 Å². The van der Waals surface area contributed by atoms with E-state index < -0.39 is 0 Å². The van der Waals surface area contributed by atoms with Crippen LogP contribution in [0.15, 0.2) is 77.3 Å². The van der Waals surface area contributed by atoms with Gasteiger partial charge in [-0.2, -0.15) is 5.10 Å². The molecule has 4 aromatic rings. The van der Waals surface area contributed by atoms with Crippen molar-refractivity contribution in [1.82, 2.24) is 10.2 Å². The molecule has 1 amide bonds. The summed E-state index contributed by atoms with van der Waals surface area (Å²) >= 11 is 3.48. The fourth-order valence-electron chi connectivity index (χ4n) is 4.09. The third kappa shape index (κ3) is 3.35. The van der Waals surface area contributed by atoms with Crippen LogP contribution in [-0.2, 0) is 0 Å². The molecule has 0 saturated heterocycles. The topological polar surface area (TPSA) is 67.5 Å². The Balaban J connectivity index is 1.68. The van der Waals surface area contributed by atoms with Gasteiger partial charge in [0.2, 0.25) is 0 Å². The van der Waals surface area contributed by atoms with E-state index in [9.17, 15) is 4.79 Å². The average Bonchev–Trinajstić information content (AvgIpc) is 3.39. The lowest BCUT2D eigenvalue weighted by molar-refractivity contribution is 0.0989. The number of H-pyrrole nitrogens is 1. The summed E-state index contributed by atoms with van der Waals surface area (Å²) in [5.41, 5.74) is 4.79. The molecule has 0 aliphatic carbocycles. The highest BCUT2D eigenvalue weighted by Gasteiger charge is 2.43. The van der Waals surface area contributed by atoms with Gasteiger partial charge in [0.1, 0.15) is 17.2 Å². The first-order valence-electron chi connectivity index (χ1n) is 10.1. The Morgan fingerprint density at radius 1 is 0.875 bits per heavy atom. The number of hydrogen-bond acceptors (Lipinski definition) is 4. The number of rotatable bonds is 5. The van der Waals surface area contributed by atoms with Crippen LogP contribution >= 0.6 is 15.9 Å². The Labute approximate surface area is 193 Å². The van der Waals surface area contributed by atoms with E-state index in [0.717, 1.165) is 44.0 Å². The maximum Gasteiger partial charge on any atom is 0.277 e. The number of ether oxygens (including phenoxy) is 2. The Morgan fingerprint density at radius 2 is 1.47 bits per heavy atom. The molecule has 1 aliphatic rings. The van der Waals surface area contributed by atoms with E-state index in [1.807, 2.05) is 77.7 Å². The minimum absolute atomic E-state index is 0.115. The number of aromatic amines is 1. The van der Waals surface area contributed by atoms with Crippen molar-refractivity contribution in [2.75, 3.05) is 19.1 Å². The Bertz CT molecular complexity index is 1270. The number of aromatic nitrogens is 2. The second kappa shape index (κ2) is 8.16. The molecule has 32 heavy (non-hydrogen) atoms. The molecular weight excluding hydrogens is 470 g/mol. The van der Waals surface area contributed by atoms with Gasteiger partial charge in [-0.15, -0.1) is 0 Å². The van der Waals surface area contributed by atoms with Gasteiger partial charge in [-0.3, -0.25) is 14.8 Å². The molecule has 0 radical (unpaired) electrons. The van der Waals surface area contributed by atoms with E-state index in [-0.39, 0.29) is 11.9 Å². The summed E-state index contributed by atoms with van der Waals surface area (Å²) in [6.45, 7) is 0. The maximum absolute atomic E-state index is 13.5. The van der Waals surface area contributed by atoms with Crippen molar-refractivity contribution in [2.45, 2.75) is 6.04 Å². The standard InChI is InChI=1S/C25H20BrN3O3/c1-31-19-11-3-15(4-12-19)22-21-23(28-27-22)25(30)29(18-9-7-17(26)8-10-18)24(21)16-5-13-20(32-2)14-6-16/h3-14,24H,1-2H3,(H,27,28)/t24-/m0/s1. The Kier molecular flexibility index (Phi) is 5.19. The summed E-state index contributed by atoms with van der Waals surface area (Å²) < 4.78 is 11.6. The van der Waals surface area contributed by atoms with Gasteiger partial charge >= 0.3 is 0 Å². The van der Waals surface area contributed by atoms with Crippen LogP contribution in [0.4, 0.5) is 5.69 Å². The van der Waals surface area contributed by atoms with Crippen LogP contribution in [-0.4, -0.2) is 30.3 Å². The molecule has 3 aromatic carbocycles. The van der Waals surface area contributed by atoms with Gasteiger partial charge in [0.15, 0.2) is 0 Å². The highest BCUT2D eigenvalue weighted by atomic mass is 79.9. The van der Waals surface area contributed by atoms with Gasteiger partial charge in [-0.05, 0) is 66.2 Å². The average molecular weight is 490 g/mol. The lowest BCUT2D eigenvalue weighted by atomic mass is 9.95. The monoisotopic (exact) mass is 489 g/mol. The van der Waals surface area contributed by atoms with Crippen LogP contribution in [0.25, 0.3) is 11.3 Å². The zero-order valence-electron chi connectivity index (χ0n) is 17.5. The number of nitrogens with one attached hydrogen (secondary N) is 1. The lowest BCUT2D eigenvalue weighted by Gasteiger charge is -2.26. The van der Waals surface area contributed by atoms with Crippen molar-refractivity contribution in [3.8, 4) is 22.8 Å². The van der Waals surface area contributed by atoms with Crippen LogP contribution < -0.4 is 14.4 Å². The van der Waals surface area contributed by atoms with E-state index >= 15 is 0 Å². The number of fused-ring (bicyclic) bond motifs is 1. The number of amides is 1. The van der Waals surface area contributed by atoms with Gasteiger partial charge in [0.05, 0.1) is 26.0 Å².